The summed E-state index contributed by atoms with van der Waals surface area (Å²) in [6, 6.07) is 20.9. The number of ether oxygens (including phenoxy) is 2. The van der Waals surface area contributed by atoms with Gasteiger partial charge in [0.2, 0.25) is 5.91 Å². The van der Waals surface area contributed by atoms with Crippen LogP contribution in [0, 0.1) is 0 Å². The minimum Gasteiger partial charge on any atom is -0.493 e. The van der Waals surface area contributed by atoms with Crippen LogP contribution in [0.4, 0.5) is 5.82 Å². The van der Waals surface area contributed by atoms with Crippen molar-refractivity contribution in [3.05, 3.63) is 89.1 Å². The molecule has 1 unspecified atom stereocenters. The summed E-state index contributed by atoms with van der Waals surface area (Å²) in [5, 5.41) is 0. The summed E-state index contributed by atoms with van der Waals surface area (Å²) in [6.45, 7) is 4.40. The van der Waals surface area contributed by atoms with Gasteiger partial charge < -0.3 is 24.2 Å². The molecule has 202 valence electrons. The summed E-state index contributed by atoms with van der Waals surface area (Å²) in [5.74, 6) is 0.487. The number of hydrogen-bond donors (Lipinski definition) is 0. The first-order valence-electron chi connectivity index (χ1n) is 13.2. The van der Waals surface area contributed by atoms with Crippen molar-refractivity contribution in [3.63, 3.8) is 0 Å². The molecule has 0 N–H and O–H groups in total. The highest BCUT2D eigenvalue weighted by Crippen LogP contribution is 2.35. The van der Waals surface area contributed by atoms with Crippen molar-refractivity contribution < 1.29 is 19.1 Å². The number of piperidine rings is 1. The van der Waals surface area contributed by atoms with E-state index in [0.29, 0.717) is 34.9 Å². The fourth-order valence-electron chi connectivity index (χ4n) is 5.13. The Morgan fingerprint density at radius 1 is 0.897 bits per heavy atom. The third-order valence-electron chi connectivity index (χ3n) is 7.36. The molecule has 1 amide bonds. The lowest BCUT2D eigenvalue weighted by Crippen LogP contribution is -2.45. The van der Waals surface area contributed by atoms with Gasteiger partial charge in [0.15, 0.2) is 17.3 Å². The van der Waals surface area contributed by atoms with Gasteiger partial charge in [0.1, 0.15) is 11.7 Å². The number of Topliss-reactive ketones (excluding diaryl/α,β-unsaturated/α-hetero) is 1. The third-order valence-corrected chi connectivity index (χ3v) is 7.36. The second-order valence-electron chi connectivity index (χ2n) is 9.97. The number of carbonyl (C=O) groups excluding carboxylic acids is 2. The number of likely N-dealkylation sites (tertiary alicyclic amines) is 1. The lowest BCUT2D eigenvalue weighted by Gasteiger charge is -2.34. The molecule has 2 aromatic carbocycles. The number of ketones is 1. The summed E-state index contributed by atoms with van der Waals surface area (Å²) < 4.78 is 10.8. The van der Waals surface area contributed by atoms with Gasteiger partial charge in [-0.3, -0.25) is 9.59 Å². The van der Waals surface area contributed by atoms with Gasteiger partial charge in [0.25, 0.3) is 0 Å². The lowest BCUT2D eigenvalue weighted by atomic mass is 9.85. The number of pyridine rings is 1. The molecule has 1 aromatic heterocycles. The van der Waals surface area contributed by atoms with Gasteiger partial charge in [-0.25, -0.2) is 4.98 Å². The first-order valence-corrected chi connectivity index (χ1v) is 13.2. The lowest BCUT2D eigenvalue weighted by molar-refractivity contribution is -0.139. The van der Waals surface area contributed by atoms with E-state index >= 15 is 0 Å². The predicted octanol–water partition coefficient (Wildman–Crippen LogP) is 3.63. The molecular weight excluding hydrogens is 492 g/mol. The standard InChI is InChI=1S/C31H34N4O4/c1-33-14-16-34(17-15-33)28-11-7-10-25(32-28)18-24-21-35(20-22-8-5-4-6-9-22)31(37)29(30(24)36)23-12-13-26(38-2)27(19-23)39-3/h4-13,18-19,29H,14-17,20-21H2,1-3H3/b24-18+. The van der Waals surface area contributed by atoms with E-state index in [-0.39, 0.29) is 18.2 Å². The zero-order valence-electron chi connectivity index (χ0n) is 22.7. The fourth-order valence-corrected chi connectivity index (χ4v) is 5.13. The molecule has 0 aliphatic carbocycles. The Labute approximate surface area is 229 Å². The number of aromatic nitrogens is 1. The maximum Gasteiger partial charge on any atom is 0.238 e. The van der Waals surface area contributed by atoms with Crippen molar-refractivity contribution in [1.82, 2.24) is 14.8 Å². The molecule has 2 fully saturated rings. The number of likely N-dealkylation sites (N-methyl/N-ethyl adjacent to an activating group) is 1. The summed E-state index contributed by atoms with van der Waals surface area (Å²) in [6.07, 6.45) is 1.83. The van der Waals surface area contributed by atoms with Gasteiger partial charge in [-0.2, -0.15) is 0 Å². The molecule has 3 aromatic rings. The normalized spacial score (nSPS) is 19.5. The topological polar surface area (TPSA) is 75.2 Å². The van der Waals surface area contributed by atoms with Gasteiger partial charge in [0, 0.05) is 44.8 Å². The summed E-state index contributed by atoms with van der Waals surface area (Å²) in [4.78, 5) is 38.8. The van der Waals surface area contributed by atoms with Crippen molar-refractivity contribution in [3.8, 4) is 11.5 Å². The van der Waals surface area contributed by atoms with E-state index in [1.165, 1.54) is 7.11 Å². The molecular formula is C31H34N4O4. The number of amides is 1. The van der Waals surface area contributed by atoms with Gasteiger partial charge >= 0.3 is 0 Å². The Morgan fingerprint density at radius 3 is 2.36 bits per heavy atom. The van der Waals surface area contributed by atoms with Crippen LogP contribution in [0.25, 0.3) is 6.08 Å². The van der Waals surface area contributed by atoms with Crippen molar-refractivity contribution in [2.24, 2.45) is 0 Å². The van der Waals surface area contributed by atoms with Crippen molar-refractivity contribution in [2.45, 2.75) is 12.5 Å². The van der Waals surface area contributed by atoms with Gasteiger partial charge in [-0.15, -0.1) is 0 Å². The highest BCUT2D eigenvalue weighted by molar-refractivity contribution is 6.18. The molecule has 2 aliphatic rings. The van der Waals surface area contributed by atoms with Gasteiger partial charge in [-0.1, -0.05) is 42.5 Å². The molecule has 3 heterocycles. The average molecular weight is 527 g/mol. The van der Waals surface area contributed by atoms with Crippen LogP contribution in [0.15, 0.2) is 72.3 Å². The van der Waals surface area contributed by atoms with Crippen molar-refractivity contribution in [2.75, 3.05) is 58.9 Å². The number of carbonyl (C=O) groups is 2. The number of anilines is 1. The molecule has 2 aliphatic heterocycles. The Hall–Kier alpha value is -4.17. The van der Waals surface area contributed by atoms with E-state index in [0.717, 1.165) is 37.6 Å². The first-order chi connectivity index (χ1) is 19.0. The van der Waals surface area contributed by atoms with Crippen molar-refractivity contribution in [1.29, 1.82) is 0 Å². The number of hydrogen-bond acceptors (Lipinski definition) is 7. The van der Waals surface area contributed by atoms with E-state index in [4.69, 9.17) is 14.5 Å². The van der Waals surface area contributed by atoms with Crippen LogP contribution in [0.5, 0.6) is 11.5 Å². The largest absolute Gasteiger partial charge is 0.493 e. The zero-order chi connectivity index (χ0) is 27.4. The third kappa shape index (κ3) is 5.81. The van der Waals surface area contributed by atoms with E-state index in [1.807, 2.05) is 54.6 Å². The second-order valence-corrected chi connectivity index (χ2v) is 9.97. The first kappa shape index (κ1) is 26.4. The monoisotopic (exact) mass is 526 g/mol. The van der Waals surface area contributed by atoms with E-state index < -0.39 is 5.92 Å². The molecule has 39 heavy (non-hydrogen) atoms. The zero-order valence-corrected chi connectivity index (χ0v) is 22.7. The van der Waals surface area contributed by atoms with E-state index in [2.05, 4.69) is 16.8 Å². The molecule has 0 bridgehead atoms. The Bertz CT molecular complexity index is 1370. The molecule has 5 rings (SSSR count). The van der Waals surface area contributed by atoms with Crippen LogP contribution in [0.1, 0.15) is 22.7 Å². The maximum absolute atomic E-state index is 13.9. The summed E-state index contributed by atoms with van der Waals surface area (Å²) in [5.41, 5.74) is 2.83. The highest BCUT2D eigenvalue weighted by atomic mass is 16.5. The van der Waals surface area contributed by atoms with Crippen LogP contribution in [-0.2, 0) is 16.1 Å². The quantitative estimate of drug-likeness (QED) is 0.344. The van der Waals surface area contributed by atoms with E-state index in [1.54, 1.807) is 30.2 Å². The second kappa shape index (κ2) is 11.7. The number of methoxy groups -OCH3 is 2. The Kier molecular flexibility index (Phi) is 7.93. The SMILES string of the molecule is COc1ccc(C2C(=O)/C(=C/c3cccc(N4CCN(C)CC4)n3)CN(Cc3ccccc3)C2=O)cc1OC. The van der Waals surface area contributed by atoms with Gasteiger partial charge in [0.05, 0.1) is 19.9 Å². The average Bonchev–Trinajstić information content (AvgIpc) is 2.96. The molecule has 0 spiro atoms. The van der Waals surface area contributed by atoms with Crippen molar-refractivity contribution >= 4 is 23.6 Å². The summed E-state index contributed by atoms with van der Waals surface area (Å²) in [7, 11) is 5.22. The number of rotatable bonds is 7. The molecule has 0 saturated carbocycles. The molecule has 1 atom stereocenters. The van der Waals surface area contributed by atoms with Crippen LogP contribution in [-0.4, -0.2) is 80.5 Å². The molecule has 8 heteroatoms. The molecule has 0 radical (unpaired) electrons. The number of nitrogens with zero attached hydrogens (tertiary/aromatic N) is 4. The predicted molar refractivity (Wildman–Crippen MR) is 151 cm³/mol. The van der Waals surface area contributed by atoms with Gasteiger partial charge in [-0.05, 0) is 48.5 Å². The van der Waals surface area contributed by atoms with E-state index in [9.17, 15) is 9.59 Å². The Morgan fingerprint density at radius 2 is 1.64 bits per heavy atom. The highest BCUT2D eigenvalue weighted by Gasteiger charge is 2.40. The van der Waals surface area contributed by atoms with Crippen LogP contribution >= 0.6 is 0 Å². The fraction of sp³-hybridized carbons (Fsp3) is 0.323. The number of piperazine rings is 1. The minimum absolute atomic E-state index is 0.219. The van der Waals surface area contributed by atoms with Crippen LogP contribution in [0.3, 0.4) is 0 Å². The number of benzene rings is 2. The summed E-state index contributed by atoms with van der Waals surface area (Å²) >= 11 is 0. The molecule has 8 nitrogen and oxygen atoms in total. The molecule has 2 saturated heterocycles. The smallest absolute Gasteiger partial charge is 0.238 e. The van der Waals surface area contributed by atoms with Crippen LogP contribution < -0.4 is 14.4 Å². The van der Waals surface area contributed by atoms with Crippen LogP contribution in [0.2, 0.25) is 0 Å². The maximum atomic E-state index is 13.9. The minimum atomic E-state index is -0.977. The Balaban J connectivity index is 1.50.